The van der Waals surface area contributed by atoms with E-state index < -0.39 is 17.3 Å². The van der Waals surface area contributed by atoms with E-state index >= 15 is 0 Å². The van der Waals surface area contributed by atoms with Crippen molar-refractivity contribution in [2.75, 3.05) is 16.6 Å². The lowest BCUT2D eigenvalue weighted by Gasteiger charge is -2.17. The SMILES string of the molecule is CCCn1c(-c2ccc(N3CCCS3=O)cc2)c(C#N)c2ccc(OC(F)(F)F)cc21. The van der Waals surface area contributed by atoms with Crippen LogP contribution in [0.3, 0.4) is 0 Å². The van der Waals surface area contributed by atoms with Crippen molar-refractivity contribution in [3.63, 3.8) is 0 Å². The van der Waals surface area contributed by atoms with Crippen LogP contribution >= 0.6 is 0 Å². The Hall–Kier alpha value is -2.99. The first kappa shape index (κ1) is 21.2. The van der Waals surface area contributed by atoms with Crippen LogP contribution in [0.25, 0.3) is 22.2 Å². The Morgan fingerprint density at radius 1 is 1.19 bits per heavy atom. The number of fused-ring (bicyclic) bond motifs is 1. The molecule has 0 amide bonds. The van der Waals surface area contributed by atoms with Crippen LogP contribution in [0.2, 0.25) is 0 Å². The van der Waals surface area contributed by atoms with E-state index in [1.54, 1.807) is 0 Å². The molecule has 0 spiro atoms. The van der Waals surface area contributed by atoms with Crippen LogP contribution < -0.4 is 9.04 Å². The summed E-state index contributed by atoms with van der Waals surface area (Å²) in [6, 6.07) is 13.7. The molecule has 0 bridgehead atoms. The second-order valence-electron chi connectivity index (χ2n) is 7.24. The predicted octanol–water partition coefficient (Wildman–Crippen LogP) is 5.36. The first-order valence-corrected chi connectivity index (χ1v) is 11.2. The Kier molecular flexibility index (Phi) is 5.67. The number of rotatable bonds is 5. The third kappa shape index (κ3) is 4.12. The van der Waals surface area contributed by atoms with Crippen molar-refractivity contribution in [1.29, 1.82) is 5.26 Å². The molecule has 1 fully saturated rings. The van der Waals surface area contributed by atoms with Gasteiger partial charge in [-0.1, -0.05) is 19.1 Å². The highest BCUT2D eigenvalue weighted by atomic mass is 32.2. The van der Waals surface area contributed by atoms with E-state index in [2.05, 4.69) is 10.8 Å². The summed E-state index contributed by atoms with van der Waals surface area (Å²) < 4.78 is 58.0. The molecular weight excluding hydrogens is 427 g/mol. The number of halogens is 3. The number of anilines is 1. The van der Waals surface area contributed by atoms with Crippen molar-refractivity contribution < 1.29 is 22.1 Å². The molecule has 0 radical (unpaired) electrons. The van der Waals surface area contributed by atoms with Gasteiger partial charge in [0.25, 0.3) is 0 Å². The number of hydrogen-bond acceptors (Lipinski definition) is 3. The number of ether oxygens (including phenoxy) is 1. The number of aryl methyl sites for hydroxylation is 1. The quantitative estimate of drug-likeness (QED) is 0.529. The molecule has 0 aliphatic carbocycles. The Labute approximate surface area is 180 Å². The van der Waals surface area contributed by atoms with Gasteiger partial charge in [0.05, 0.1) is 16.8 Å². The van der Waals surface area contributed by atoms with Crippen molar-refractivity contribution in [2.45, 2.75) is 32.7 Å². The summed E-state index contributed by atoms with van der Waals surface area (Å²) in [5.41, 5.74) is 3.18. The zero-order valence-corrected chi connectivity index (χ0v) is 17.6. The fraction of sp³-hybridized carbons (Fsp3) is 0.318. The summed E-state index contributed by atoms with van der Waals surface area (Å²) in [5.74, 6) is 0.325. The smallest absolute Gasteiger partial charge is 0.406 e. The number of benzene rings is 2. The third-order valence-electron chi connectivity index (χ3n) is 5.18. The van der Waals surface area contributed by atoms with E-state index in [0.29, 0.717) is 34.5 Å². The van der Waals surface area contributed by atoms with Gasteiger partial charge < -0.3 is 9.30 Å². The molecule has 1 atom stereocenters. The topological polar surface area (TPSA) is 58.3 Å². The number of aromatic nitrogens is 1. The van der Waals surface area contributed by atoms with E-state index in [9.17, 15) is 22.6 Å². The van der Waals surface area contributed by atoms with Crippen LogP contribution in [-0.2, 0) is 17.5 Å². The molecule has 31 heavy (non-hydrogen) atoms. The van der Waals surface area contributed by atoms with Gasteiger partial charge >= 0.3 is 6.36 Å². The van der Waals surface area contributed by atoms with Crippen molar-refractivity contribution >= 4 is 27.6 Å². The average Bonchev–Trinajstić information content (AvgIpc) is 3.28. The van der Waals surface area contributed by atoms with E-state index in [-0.39, 0.29) is 5.75 Å². The molecule has 2 heterocycles. The molecule has 2 aromatic carbocycles. The normalized spacial score (nSPS) is 16.6. The number of nitrogens with zero attached hydrogens (tertiary/aromatic N) is 3. The zero-order valence-electron chi connectivity index (χ0n) is 16.8. The Bertz CT molecular complexity index is 1180. The average molecular weight is 447 g/mol. The lowest BCUT2D eigenvalue weighted by Crippen LogP contribution is -2.19. The summed E-state index contributed by atoms with van der Waals surface area (Å²) in [7, 11) is -1.03. The standard InChI is InChI=1S/C22H20F3N3O2S/c1-2-10-27-20-13-17(30-22(23,24)25)8-9-18(20)19(14-26)21(27)15-4-6-16(7-5-15)28-11-3-12-31(28)29/h4-9,13H,2-3,10-12H2,1H3. The van der Waals surface area contributed by atoms with Crippen molar-refractivity contribution in [1.82, 2.24) is 4.57 Å². The molecule has 1 aliphatic heterocycles. The van der Waals surface area contributed by atoms with Crippen molar-refractivity contribution in [2.24, 2.45) is 0 Å². The lowest BCUT2D eigenvalue weighted by atomic mass is 10.1. The molecule has 1 saturated heterocycles. The minimum Gasteiger partial charge on any atom is -0.406 e. The predicted molar refractivity (Wildman–Crippen MR) is 114 cm³/mol. The number of alkyl halides is 3. The van der Waals surface area contributed by atoms with Gasteiger partial charge in [0, 0.05) is 36.0 Å². The van der Waals surface area contributed by atoms with Gasteiger partial charge in [0.15, 0.2) is 0 Å². The Morgan fingerprint density at radius 2 is 1.94 bits per heavy atom. The molecule has 5 nitrogen and oxygen atoms in total. The fourth-order valence-electron chi connectivity index (χ4n) is 3.97. The second kappa shape index (κ2) is 8.27. The highest BCUT2D eigenvalue weighted by molar-refractivity contribution is 7.86. The lowest BCUT2D eigenvalue weighted by molar-refractivity contribution is -0.274. The number of nitriles is 1. The van der Waals surface area contributed by atoms with Crippen LogP contribution in [0, 0.1) is 11.3 Å². The van der Waals surface area contributed by atoms with E-state index in [1.165, 1.54) is 18.2 Å². The van der Waals surface area contributed by atoms with Crippen molar-refractivity contribution in [3.8, 4) is 23.1 Å². The molecule has 3 aromatic rings. The minimum atomic E-state index is -4.79. The van der Waals surface area contributed by atoms with Crippen LogP contribution in [0.15, 0.2) is 42.5 Å². The van der Waals surface area contributed by atoms with Crippen LogP contribution in [-0.4, -0.2) is 27.4 Å². The van der Waals surface area contributed by atoms with Gasteiger partial charge in [-0.2, -0.15) is 5.26 Å². The maximum atomic E-state index is 12.7. The van der Waals surface area contributed by atoms with Gasteiger partial charge in [-0.05, 0) is 42.7 Å². The largest absolute Gasteiger partial charge is 0.573 e. The third-order valence-corrected chi connectivity index (χ3v) is 6.71. The maximum absolute atomic E-state index is 12.7. The summed E-state index contributed by atoms with van der Waals surface area (Å²) in [6.45, 7) is 3.22. The molecule has 1 unspecified atom stereocenters. The fourth-order valence-corrected chi connectivity index (χ4v) is 5.26. The second-order valence-corrected chi connectivity index (χ2v) is 8.73. The molecule has 0 saturated carbocycles. The zero-order chi connectivity index (χ0) is 22.2. The van der Waals surface area contributed by atoms with E-state index in [0.717, 1.165) is 30.6 Å². The molecule has 0 N–H and O–H groups in total. The molecule has 162 valence electrons. The summed E-state index contributed by atoms with van der Waals surface area (Å²) >= 11 is 0. The number of hydrogen-bond donors (Lipinski definition) is 0. The monoisotopic (exact) mass is 447 g/mol. The summed E-state index contributed by atoms with van der Waals surface area (Å²) in [4.78, 5) is 0. The first-order chi connectivity index (χ1) is 14.8. The van der Waals surface area contributed by atoms with E-state index in [4.69, 9.17) is 0 Å². The minimum absolute atomic E-state index is 0.322. The molecular formula is C22H20F3N3O2S. The summed E-state index contributed by atoms with van der Waals surface area (Å²) in [6.07, 6.45) is -3.18. The Balaban J connectivity index is 1.83. The maximum Gasteiger partial charge on any atom is 0.573 e. The van der Waals surface area contributed by atoms with Crippen LogP contribution in [0.4, 0.5) is 18.9 Å². The first-order valence-electron chi connectivity index (χ1n) is 9.91. The highest BCUT2D eigenvalue weighted by Gasteiger charge is 2.31. The van der Waals surface area contributed by atoms with Gasteiger partial charge in [-0.15, -0.1) is 13.2 Å². The molecule has 1 aliphatic rings. The van der Waals surface area contributed by atoms with Gasteiger partial charge in [-0.3, -0.25) is 4.31 Å². The van der Waals surface area contributed by atoms with Crippen LogP contribution in [0.5, 0.6) is 5.75 Å². The molecule has 9 heteroatoms. The summed E-state index contributed by atoms with van der Waals surface area (Å²) in [5, 5.41) is 10.4. The van der Waals surface area contributed by atoms with Gasteiger partial charge in [0.2, 0.25) is 0 Å². The molecule has 4 rings (SSSR count). The van der Waals surface area contributed by atoms with Crippen LogP contribution in [0.1, 0.15) is 25.3 Å². The Morgan fingerprint density at radius 3 is 2.52 bits per heavy atom. The van der Waals surface area contributed by atoms with Gasteiger partial charge in [0.1, 0.15) is 22.8 Å². The van der Waals surface area contributed by atoms with E-state index in [1.807, 2.05) is 40.1 Å². The van der Waals surface area contributed by atoms with Gasteiger partial charge in [-0.25, -0.2) is 4.21 Å². The van der Waals surface area contributed by atoms with Crippen molar-refractivity contribution in [3.05, 3.63) is 48.0 Å². The molecule has 1 aromatic heterocycles. The highest BCUT2D eigenvalue weighted by Crippen LogP contribution is 2.37.